The molecular formula is C11H14N2O4. The Morgan fingerprint density at radius 1 is 1.18 bits per heavy atom. The third-order valence-electron chi connectivity index (χ3n) is 3.30. The van der Waals surface area contributed by atoms with Crippen LogP contribution >= 0.6 is 0 Å². The molecular weight excluding hydrogens is 224 g/mol. The van der Waals surface area contributed by atoms with Crippen molar-refractivity contribution in [1.29, 1.82) is 0 Å². The van der Waals surface area contributed by atoms with Crippen molar-refractivity contribution in [2.24, 2.45) is 15.6 Å². The van der Waals surface area contributed by atoms with Crippen molar-refractivity contribution >= 4 is 23.4 Å². The average Bonchev–Trinajstić information content (AvgIpc) is 2.77. The highest BCUT2D eigenvalue weighted by Gasteiger charge is 2.56. The van der Waals surface area contributed by atoms with Crippen LogP contribution in [-0.2, 0) is 19.1 Å². The summed E-state index contributed by atoms with van der Waals surface area (Å²) >= 11 is 0. The zero-order valence-electron chi connectivity index (χ0n) is 9.86. The SMILES string of the molecule is COC(=O)C1=NN=C2CCCCC21C(=O)OC. The van der Waals surface area contributed by atoms with Crippen LogP contribution in [0, 0.1) is 5.41 Å². The smallest absolute Gasteiger partial charge is 0.355 e. The van der Waals surface area contributed by atoms with Crippen LogP contribution in [0.5, 0.6) is 0 Å². The van der Waals surface area contributed by atoms with E-state index in [2.05, 4.69) is 14.9 Å². The first-order valence-electron chi connectivity index (χ1n) is 5.49. The van der Waals surface area contributed by atoms with Gasteiger partial charge in [0.15, 0.2) is 11.1 Å². The molecule has 0 amide bonds. The van der Waals surface area contributed by atoms with E-state index in [1.54, 1.807) is 0 Å². The van der Waals surface area contributed by atoms with Gasteiger partial charge in [0.2, 0.25) is 0 Å². The van der Waals surface area contributed by atoms with Crippen molar-refractivity contribution in [2.75, 3.05) is 14.2 Å². The minimum Gasteiger partial charge on any atom is -0.468 e. The molecule has 6 heteroatoms. The molecule has 1 aliphatic heterocycles. The van der Waals surface area contributed by atoms with Crippen molar-refractivity contribution in [3.8, 4) is 0 Å². The van der Waals surface area contributed by atoms with E-state index in [9.17, 15) is 9.59 Å². The molecule has 2 rings (SSSR count). The molecule has 92 valence electrons. The molecule has 0 aromatic rings. The highest BCUT2D eigenvalue weighted by Crippen LogP contribution is 2.40. The third kappa shape index (κ3) is 1.55. The number of nitrogens with zero attached hydrogens (tertiary/aromatic N) is 2. The lowest BCUT2D eigenvalue weighted by molar-refractivity contribution is -0.147. The Balaban J connectivity index is 2.44. The van der Waals surface area contributed by atoms with E-state index >= 15 is 0 Å². The molecule has 1 saturated carbocycles. The number of methoxy groups -OCH3 is 2. The number of hydrogen-bond donors (Lipinski definition) is 0. The summed E-state index contributed by atoms with van der Waals surface area (Å²) in [6, 6.07) is 0. The fourth-order valence-corrected chi connectivity index (χ4v) is 2.43. The maximum atomic E-state index is 12.0. The van der Waals surface area contributed by atoms with Gasteiger partial charge in [-0.3, -0.25) is 4.79 Å². The van der Waals surface area contributed by atoms with E-state index in [1.807, 2.05) is 0 Å². The van der Waals surface area contributed by atoms with Crippen LogP contribution < -0.4 is 0 Å². The molecule has 0 N–H and O–H groups in total. The van der Waals surface area contributed by atoms with Crippen molar-refractivity contribution < 1.29 is 19.1 Å². The summed E-state index contributed by atoms with van der Waals surface area (Å²) in [5.41, 5.74) is -0.419. The van der Waals surface area contributed by atoms with Crippen molar-refractivity contribution in [3.63, 3.8) is 0 Å². The van der Waals surface area contributed by atoms with Crippen LogP contribution in [0.4, 0.5) is 0 Å². The van der Waals surface area contributed by atoms with Gasteiger partial charge in [-0.1, -0.05) is 6.42 Å². The molecule has 1 fully saturated rings. The fourth-order valence-electron chi connectivity index (χ4n) is 2.43. The van der Waals surface area contributed by atoms with Crippen LogP contribution in [0.3, 0.4) is 0 Å². The maximum absolute atomic E-state index is 12.0. The van der Waals surface area contributed by atoms with Gasteiger partial charge in [-0.05, 0) is 19.3 Å². The standard InChI is InChI=1S/C11H14N2O4/c1-16-9(14)8-11(10(15)17-2)6-4-3-5-7(11)12-13-8/h3-6H2,1-2H3. The lowest BCUT2D eigenvalue weighted by Gasteiger charge is -2.31. The lowest BCUT2D eigenvalue weighted by Crippen LogP contribution is -2.49. The maximum Gasteiger partial charge on any atom is 0.355 e. The number of carbonyl (C=O) groups is 2. The molecule has 6 nitrogen and oxygen atoms in total. The summed E-state index contributed by atoms with van der Waals surface area (Å²) in [6.07, 6.45) is 2.96. The molecule has 0 spiro atoms. The van der Waals surface area contributed by atoms with Gasteiger partial charge in [0.25, 0.3) is 0 Å². The Morgan fingerprint density at radius 3 is 2.59 bits per heavy atom. The molecule has 0 saturated heterocycles. The van der Waals surface area contributed by atoms with Gasteiger partial charge in [0.1, 0.15) is 0 Å². The van der Waals surface area contributed by atoms with Gasteiger partial charge in [0.05, 0.1) is 19.9 Å². The quantitative estimate of drug-likeness (QED) is 0.663. The van der Waals surface area contributed by atoms with E-state index in [-0.39, 0.29) is 5.71 Å². The topological polar surface area (TPSA) is 77.3 Å². The molecule has 17 heavy (non-hydrogen) atoms. The molecule has 1 heterocycles. The number of carbonyl (C=O) groups excluding carboxylic acids is 2. The summed E-state index contributed by atoms with van der Waals surface area (Å²) < 4.78 is 9.46. The average molecular weight is 238 g/mol. The Bertz CT molecular complexity index is 427. The molecule has 0 aromatic heterocycles. The van der Waals surface area contributed by atoms with Crippen LogP contribution in [-0.4, -0.2) is 37.6 Å². The zero-order chi connectivity index (χ0) is 12.5. The second-order valence-electron chi connectivity index (χ2n) is 4.09. The molecule has 0 aromatic carbocycles. The number of rotatable bonds is 2. The third-order valence-corrected chi connectivity index (χ3v) is 3.30. The second kappa shape index (κ2) is 4.27. The summed E-state index contributed by atoms with van der Waals surface area (Å²) in [6.45, 7) is 0. The molecule has 0 radical (unpaired) electrons. The highest BCUT2D eigenvalue weighted by atomic mass is 16.5. The van der Waals surface area contributed by atoms with Crippen LogP contribution in [0.15, 0.2) is 10.2 Å². The van der Waals surface area contributed by atoms with E-state index in [1.165, 1.54) is 14.2 Å². The molecule has 1 aliphatic carbocycles. The van der Waals surface area contributed by atoms with E-state index in [0.29, 0.717) is 18.6 Å². The van der Waals surface area contributed by atoms with Gasteiger partial charge in [-0.2, -0.15) is 5.10 Å². The number of fused-ring (bicyclic) bond motifs is 1. The highest BCUT2D eigenvalue weighted by molar-refractivity contribution is 6.49. The van der Waals surface area contributed by atoms with Crippen LogP contribution in [0.1, 0.15) is 25.7 Å². The second-order valence-corrected chi connectivity index (χ2v) is 4.09. The minimum atomic E-state index is -1.10. The predicted molar refractivity (Wildman–Crippen MR) is 59.8 cm³/mol. The fraction of sp³-hybridized carbons (Fsp3) is 0.636. The number of ether oxygens (including phenoxy) is 2. The minimum absolute atomic E-state index is 0.0570. The van der Waals surface area contributed by atoms with Crippen molar-refractivity contribution in [1.82, 2.24) is 0 Å². The summed E-state index contributed by atoms with van der Waals surface area (Å²) in [4.78, 5) is 23.7. The van der Waals surface area contributed by atoms with Gasteiger partial charge in [0, 0.05) is 0 Å². The summed E-state index contributed by atoms with van der Waals surface area (Å²) in [5.74, 6) is -1.09. The molecule has 0 bridgehead atoms. The Kier molecular flexibility index (Phi) is 2.95. The predicted octanol–water partition coefficient (Wildman–Crippen LogP) is 0.703. The van der Waals surface area contributed by atoms with Crippen LogP contribution in [0.25, 0.3) is 0 Å². The first kappa shape index (κ1) is 11.8. The van der Waals surface area contributed by atoms with Crippen molar-refractivity contribution in [3.05, 3.63) is 0 Å². The van der Waals surface area contributed by atoms with Crippen LogP contribution in [0.2, 0.25) is 0 Å². The van der Waals surface area contributed by atoms with E-state index < -0.39 is 17.4 Å². The normalized spacial score (nSPS) is 26.7. The summed E-state index contributed by atoms with van der Waals surface area (Å²) in [7, 11) is 2.56. The lowest BCUT2D eigenvalue weighted by atomic mass is 9.69. The van der Waals surface area contributed by atoms with Gasteiger partial charge < -0.3 is 9.47 Å². The van der Waals surface area contributed by atoms with Gasteiger partial charge in [-0.15, -0.1) is 5.10 Å². The Labute approximate surface area is 98.7 Å². The zero-order valence-corrected chi connectivity index (χ0v) is 9.86. The molecule has 2 aliphatic rings. The van der Waals surface area contributed by atoms with E-state index in [0.717, 1.165) is 12.8 Å². The first-order valence-corrected chi connectivity index (χ1v) is 5.49. The first-order chi connectivity index (χ1) is 8.16. The number of hydrogen-bond acceptors (Lipinski definition) is 6. The molecule has 1 atom stereocenters. The Morgan fingerprint density at radius 2 is 1.94 bits per heavy atom. The molecule has 1 unspecified atom stereocenters. The van der Waals surface area contributed by atoms with Crippen molar-refractivity contribution in [2.45, 2.75) is 25.7 Å². The largest absolute Gasteiger partial charge is 0.468 e. The Hall–Kier alpha value is -1.72. The van der Waals surface area contributed by atoms with Gasteiger partial charge in [-0.25, -0.2) is 4.79 Å². The van der Waals surface area contributed by atoms with Gasteiger partial charge >= 0.3 is 11.9 Å². The summed E-state index contributed by atoms with van der Waals surface area (Å²) in [5, 5.41) is 7.77. The monoisotopic (exact) mass is 238 g/mol. The number of esters is 2. The van der Waals surface area contributed by atoms with E-state index in [4.69, 9.17) is 4.74 Å².